The summed E-state index contributed by atoms with van der Waals surface area (Å²) in [5.41, 5.74) is 2.24. The number of sulfonamides is 1. The SMILES string of the molecule is CC(C)(C)c1ccc(S(=O)(=O)NCCCc2cccnc2)cc1. The zero-order valence-corrected chi connectivity index (χ0v) is 14.7. The zero-order chi connectivity index (χ0) is 16.9. The molecule has 0 fully saturated rings. The Labute approximate surface area is 139 Å². The molecule has 124 valence electrons. The molecule has 1 N–H and O–H groups in total. The standard InChI is InChI=1S/C18H24N2O2S/c1-18(2,3)16-8-10-17(11-9-16)23(21,22)20-13-5-7-15-6-4-12-19-14-15/h4,6,8-12,14,20H,5,7,13H2,1-3H3. The van der Waals surface area contributed by atoms with Gasteiger partial charge in [0.15, 0.2) is 0 Å². The van der Waals surface area contributed by atoms with Gasteiger partial charge in [-0.25, -0.2) is 13.1 Å². The Morgan fingerprint density at radius 1 is 1.09 bits per heavy atom. The Bertz CT molecular complexity index is 718. The Balaban J connectivity index is 1.91. The molecule has 0 aliphatic heterocycles. The molecule has 0 saturated carbocycles. The van der Waals surface area contributed by atoms with Gasteiger partial charge in [-0.2, -0.15) is 0 Å². The summed E-state index contributed by atoms with van der Waals surface area (Å²) in [6, 6.07) is 11.0. The van der Waals surface area contributed by atoms with Crippen molar-refractivity contribution in [3.8, 4) is 0 Å². The number of rotatable bonds is 6. The Hall–Kier alpha value is -1.72. The number of pyridine rings is 1. The molecule has 0 unspecified atom stereocenters. The van der Waals surface area contributed by atoms with Crippen LogP contribution in [0.4, 0.5) is 0 Å². The fourth-order valence-electron chi connectivity index (χ4n) is 2.26. The topological polar surface area (TPSA) is 59.1 Å². The van der Waals surface area contributed by atoms with Gasteiger partial charge in [0, 0.05) is 18.9 Å². The molecule has 2 rings (SSSR count). The summed E-state index contributed by atoms with van der Waals surface area (Å²) < 4.78 is 27.2. The van der Waals surface area contributed by atoms with Crippen molar-refractivity contribution in [3.63, 3.8) is 0 Å². The lowest BCUT2D eigenvalue weighted by Gasteiger charge is -2.19. The minimum Gasteiger partial charge on any atom is -0.264 e. The molecule has 1 aromatic heterocycles. The monoisotopic (exact) mass is 332 g/mol. The zero-order valence-electron chi connectivity index (χ0n) is 13.9. The van der Waals surface area contributed by atoms with Crippen molar-refractivity contribution in [2.24, 2.45) is 0 Å². The molecular weight excluding hydrogens is 308 g/mol. The largest absolute Gasteiger partial charge is 0.264 e. The van der Waals surface area contributed by atoms with Gasteiger partial charge in [0.1, 0.15) is 0 Å². The number of nitrogens with one attached hydrogen (secondary N) is 1. The second-order valence-electron chi connectivity index (χ2n) is 6.64. The van der Waals surface area contributed by atoms with Crippen LogP contribution in [0.15, 0.2) is 53.7 Å². The van der Waals surface area contributed by atoms with Crippen LogP contribution in [-0.4, -0.2) is 19.9 Å². The van der Waals surface area contributed by atoms with Gasteiger partial charge in [-0.3, -0.25) is 4.98 Å². The van der Waals surface area contributed by atoms with E-state index >= 15 is 0 Å². The highest BCUT2D eigenvalue weighted by Gasteiger charge is 2.17. The molecule has 2 aromatic rings. The van der Waals surface area contributed by atoms with Crippen molar-refractivity contribution in [1.29, 1.82) is 0 Å². The van der Waals surface area contributed by atoms with Gasteiger partial charge in [-0.15, -0.1) is 0 Å². The van der Waals surface area contributed by atoms with Gasteiger partial charge in [-0.05, 0) is 47.6 Å². The van der Waals surface area contributed by atoms with Gasteiger partial charge < -0.3 is 0 Å². The van der Waals surface area contributed by atoms with Crippen LogP contribution in [0.25, 0.3) is 0 Å². The molecular formula is C18H24N2O2S. The predicted octanol–water partition coefficient (Wildman–Crippen LogP) is 3.29. The normalized spacial score (nSPS) is 12.3. The average molecular weight is 332 g/mol. The number of aryl methyl sites for hydroxylation is 1. The molecule has 1 heterocycles. The lowest BCUT2D eigenvalue weighted by molar-refractivity contribution is 0.576. The van der Waals surface area contributed by atoms with E-state index in [9.17, 15) is 8.42 Å². The molecule has 5 heteroatoms. The summed E-state index contributed by atoms with van der Waals surface area (Å²) in [6.07, 6.45) is 5.08. The first-order valence-electron chi connectivity index (χ1n) is 7.78. The fraction of sp³-hybridized carbons (Fsp3) is 0.389. The quantitative estimate of drug-likeness (QED) is 0.826. The maximum atomic E-state index is 12.3. The summed E-state index contributed by atoms with van der Waals surface area (Å²) >= 11 is 0. The second-order valence-corrected chi connectivity index (χ2v) is 8.40. The molecule has 0 aliphatic rings. The Kier molecular flexibility index (Phi) is 5.55. The predicted molar refractivity (Wildman–Crippen MR) is 92.9 cm³/mol. The third kappa shape index (κ3) is 5.15. The number of aromatic nitrogens is 1. The minimum absolute atomic E-state index is 0.0133. The van der Waals surface area contributed by atoms with Crippen LogP contribution in [0.2, 0.25) is 0 Å². The van der Waals surface area contributed by atoms with E-state index in [1.54, 1.807) is 24.5 Å². The summed E-state index contributed by atoms with van der Waals surface area (Å²) in [7, 11) is -3.44. The third-order valence-electron chi connectivity index (χ3n) is 3.69. The summed E-state index contributed by atoms with van der Waals surface area (Å²) in [4.78, 5) is 4.36. The highest BCUT2D eigenvalue weighted by atomic mass is 32.2. The van der Waals surface area contributed by atoms with Crippen molar-refractivity contribution >= 4 is 10.0 Å². The van der Waals surface area contributed by atoms with E-state index in [4.69, 9.17) is 0 Å². The van der Waals surface area contributed by atoms with E-state index in [1.165, 1.54) is 0 Å². The third-order valence-corrected chi connectivity index (χ3v) is 5.16. The van der Waals surface area contributed by atoms with Crippen LogP contribution in [0.1, 0.15) is 38.3 Å². The summed E-state index contributed by atoms with van der Waals surface area (Å²) in [5.74, 6) is 0. The molecule has 4 nitrogen and oxygen atoms in total. The Morgan fingerprint density at radius 3 is 2.35 bits per heavy atom. The van der Waals surface area contributed by atoms with Crippen molar-refractivity contribution < 1.29 is 8.42 Å². The molecule has 0 radical (unpaired) electrons. The van der Waals surface area contributed by atoms with Gasteiger partial charge in [-0.1, -0.05) is 39.0 Å². The maximum absolute atomic E-state index is 12.3. The van der Waals surface area contributed by atoms with Crippen LogP contribution >= 0.6 is 0 Å². The van der Waals surface area contributed by atoms with Crippen LogP contribution in [0.3, 0.4) is 0 Å². The van der Waals surface area contributed by atoms with Gasteiger partial charge >= 0.3 is 0 Å². The van der Waals surface area contributed by atoms with E-state index < -0.39 is 10.0 Å². The van der Waals surface area contributed by atoms with Gasteiger partial charge in [0.05, 0.1) is 4.90 Å². The highest BCUT2D eigenvalue weighted by molar-refractivity contribution is 7.89. The lowest BCUT2D eigenvalue weighted by Crippen LogP contribution is -2.25. The van der Waals surface area contributed by atoms with E-state index in [2.05, 4.69) is 30.5 Å². The van der Waals surface area contributed by atoms with E-state index in [0.29, 0.717) is 11.4 Å². The van der Waals surface area contributed by atoms with Crippen LogP contribution in [-0.2, 0) is 21.9 Å². The molecule has 0 aliphatic carbocycles. The molecule has 23 heavy (non-hydrogen) atoms. The smallest absolute Gasteiger partial charge is 0.240 e. The average Bonchev–Trinajstić information content (AvgIpc) is 2.52. The van der Waals surface area contributed by atoms with Crippen molar-refractivity contribution in [2.75, 3.05) is 6.54 Å². The number of nitrogens with zero attached hydrogens (tertiary/aromatic N) is 1. The summed E-state index contributed by atoms with van der Waals surface area (Å²) in [6.45, 7) is 6.73. The first-order chi connectivity index (χ1) is 10.8. The van der Waals surface area contributed by atoms with Crippen molar-refractivity contribution in [3.05, 3.63) is 59.9 Å². The molecule has 0 amide bonds. The van der Waals surface area contributed by atoms with E-state index in [0.717, 1.165) is 24.0 Å². The number of hydrogen-bond donors (Lipinski definition) is 1. The summed E-state index contributed by atoms with van der Waals surface area (Å²) in [5, 5.41) is 0. The van der Waals surface area contributed by atoms with Gasteiger partial charge in [0.2, 0.25) is 10.0 Å². The van der Waals surface area contributed by atoms with Crippen molar-refractivity contribution in [2.45, 2.75) is 43.9 Å². The maximum Gasteiger partial charge on any atom is 0.240 e. The molecule has 1 aromatic carbocycles. The van der Waals surface area contributed by atoms with Crippen LogP contribution in [0.5, 0.6) is 0 Å². The molecule has 0 saturated heterocycles. The van der Waals surface area contributed by atoms with Crippen LogP contribution < -0.4 is 4.72 Å². The van der Waals surface area contributed by atoms with Crippen molar-refractivity contribution in [1.82, 2.24) is 9.71 Å². The first kappa shape index (κ1) is 17.6. The Morgan fingerprint density at radius 2 is 1.78 bits per heavy atom. The van der Waals surface area contributed by atoms with E-state index in [1.807, 2.05) is 24.3 Å². The fourth-order valence-corrected chi connectivity index (χ4v) is 3.34. The second kappa shape index (κ2) is 7.23. The van der Waals surface area contributed by atoms with E-state index in [-0.39, 0.29) is 5.41 Å². The van der Waals surface area contributed by atoms with Crippen LogP contribution in [0, 0.1) is 0 Å². The molecule has 0 bridgehead atoms. The number of benzene rings is 1. The number of hydrogen-bond acceptors (Lipinski definition) is 3. The highest BCUT2D eigenvalue weighted by Crippen LogP contribution is 2.23. The minimum atomic E-state index is -3.44. The first-order valence-corrected chi connectivity index (χ1v) is 9.26. The molecule has 0 atom stereocenters. The van der Waals surface area contributed by atoms with Gasteiger partial charge in [0.25, 0.3) is 0 Å². The molecule has 0 spiro atoms. The lowest BCUT2D eigenvalue weighted by atomic mass is 9.87.